The molecule has 0 aromatic heterocycles. The number of methoxy groups -OCH3 is 1. The quantitative estimate of drug-likeness (QED) is 0.610. The van der Waals surface area contributed by atoms with Gasteiger partial charge in [-0.1, -0.05) is 12.1 Å². The SMILES string of the molecule is COc1cccc(CN=C=O)c1OC1CCCN(C)C1. The van der Waals surface area contributed by atoms with Crippen LogP contribution in [-0.2, 0) is 11.3 Å². The normalized spacial score (nSPS) is 19.2. The minimum atomic E-state index is 0.143. The van der Waals surface area contributed by atoms with Crippen LogP contribution in [0.25, 0.3) is 0 Å². The van der Waals surface area contributed by atoms with Crippen molar-refractivity contribution in [3.63, 3.8) is 0 Å². The summed E-state index contributed by atoms with van der Waals surface area (Å²) in [6.45, 7) is 2.26. The second kappa shape index (κ2) is 7.08. The van der Waals surface area contributed by atoms with E-state index in [2.05, 4.69) is 16.9 Å². The van der Waals surface area contributed by atoms with Gasteiger partial charge in [0.2, 0.25) is 6.08 Å². The number of isocyanates is 1. The summed E-state index contributed by atoms with van der Waals surface area (Å²) in [5, 5.41) is 0. The van der Waals surface area contributed by atoms with Gasteiger partial charge >= 0.3 is 0 Å². The smallest absolute Gasteiger partial charge is 0.235 e. The number of likely N-dealkylation sites (tertiary alicyclic amines) is 1. The summed E-state index contributed by atoms with van der Waals surface area (Å²) in [6.07, 6.45) is 3.85. The molecule has 1 aromatic rings. The van der Waals surface area contributed by atoms with Gasteiger partial charge in [0.05, 0.1) is 13.7 Å². The van der Waals surface area contributed by atoms with Crippen molar-refractivity contribution < 1.29 is 14.3 Å². The summed E-state index contributed by atoms with van der Waals surface area (Å²) in [4.78, 5) is 16.2. The molecule has 1 aliphatic rings. The Morgan fingerprint density at radius 3 is 3.05 bits per heavy atom. The van der Waals surface area contributed by atoms with Crippen LogP contribution in [0.2, 0.25) is 0 Å². The first-order chi connectivity index (χ1) is 9.74. The zero-order valence-electron chi connectivity index (χ0n) is 12.0. The first-order valence-electron chi connectivity index (χ1n) is 6.79. The molecule has 1 fully saturated rings. The van der Waals surface area contributed by atoms with Crippen molar-refractivity contribution in [1.82, 2.24) is 4.90 Å². The number of aliphatic imine (C=N–C) groups is 1. The maximum Gasteiger partial charge on any atom is 0.235 e. The Hall–Kier alpha value is -1.84. The van der Waals surface area contributed by atoms with Crippen LogP contribution in [0.5, 0.6) is 11.5 Å². The molecule has 1 aromatic carbocycles. The number of benzene rings is 1. The van der Waals surface area contributed by atoms with Gasteiger partial charge in [0, 0.05) is 12.1 Å². The number of nitrogens with zero attached hydrogens (tertiary/aromatic N) is 2. The third-order valence-corrected chi connectivity index (χ3v) is 3.46. The van der Waals surface area contributed by atoms with Crippen molar-refractivity contribution in [3.8, 4) is 11.5 Å². The Morgan fingerprint density at radius 1 is 1.50 bits per heavy atom. The van der Waals surface area contributed by atoms with Gasteiger partial charge in [0.15, 0.2) is 11.5 Å². The van der Waals surface area contributed by atoms with E-state index in [1.165, 1.54) is 0 Å². The molecule has 0 N–H and O–H groups in total. The Kier molecular flexibility index (Phi) is 5.16. The van der Waals surface area contributed by atoms with E-state index in [1.54, 1.807) is 13.2 Å². The molecule has 5 heteroatoms. The fourth-order valence-corrected chi connectivity index (χ4v) is 2.48. The van der Waals surface area contributed by atoms with Crippen LogP contribution in [0.1, 0.15) is 18.4 Å². The molecule has 0 bridgehead atoms. The lowest BCUT2D eigenvalue weighted by Crippen LogP contribution is -2.38. The molecule has 1 aliphatic heterocycles. The van der Waals surface area contributed by atoms with Crippen LogP contribution in [0.3, 0.4) is 0 Å². The Balaban J connectivity index is 2.20. The average Bonchev–Trinajstić information content (AvgIpc) is 2.46. The second-order valence-corrected chi connectivity index (χ2v) is 5.00. The molecule has 0 aliphatic carbocycles. The molecule has 1 heterocycles. The van der Waals surface area contributed by atoms with E-state index in [0.717, 1.165) is 31.5 Å². The number of likely N-dealkylation sites (N-methyl/N-ethyl adjacent to an activating group) is 1. The Morgan fingerprint density at radius 2 is 2.35 bits per heavy atom. The highest BCUT2D eigenvalue weighted by atomic mass is 16.5. The molecule has 1 atom stereocenters. The van der Waals surface area contributed by atoms with Crippen molar-refractivity contribution in [3.05, 3.63) is 23.8 Å². The highest BCUT2D eigenvalue weighted by Crippen LogP contribution is 2.33. The average molecular weight is 276 g/mol. The zero-order chi connectivity index (χ0) is 14.4. The lowest BCUT2D eigenvalue weighted by molar-refractivity contribution is 0.100. The summed E-state index contributed by atoms with van der Waals surface area (Å²) in [5.74, 6) is 1.37. The van der Waals surface area contributed by atoms with E-state index in [9.17, 15) is 4.79 Å². The predicted octanol–water partition coefficient (Wildman–Crippen LogP) is 2.00. The van der Waals surface area contributed by atoms with Gasteiger partial charge in [-0.3, -0.25) is 0 Å². The van der Waals surface area contributed by atoms with E-state index in [0.29, 0.717) is 11.5 Å². The van der Waals surface area contributed by atoms with E-state index in [1.807, 2.05) is 18.2 Å². The van der Waals surface area contributed by atoms with Crippen molar-refractivity contribution in [1.29, 1.82) is 0 Å². The standard InChI is InChI=1S/C15H20N2O3/c1-17-8-4-6-13(10-17)20-15-12(9-16-11-18)5-3-7-14(15)19-2/h3,5,7,13H,4,6,8-10H2,1-2H3. The van der Waals surface area contributed by atoms with Gasteiger partial charge in [-0.25, -0.2) is 9.79 Å². The molecule has 0 amide bonds. The zero-order valence-corrected chi connectivity index (χ0v) is 12.0. The van der Waals surface area contributed by atoms with Crippen LogP contribution >= 0.6 is 0 Å². The third kappa shape index (κ3) is 3.59. The molecule has 5 nitrogen and oxygen atoms in total. The predicted molar refractivity (Wildman–Crippen MR) is 76.0 cm³/mol. The van der Waals surface area contributed by atoms with Gasteiger partial charge in [0.1, 0.15) is 6.10 Å². The first kappa shape index (κ1) is 14.6. The van der Waals surface area contributed by atoms with E-state index in [-0.39, 0.29) is 12.6 Å². The fourth-order valence-electron chi connectivity index (χ4n) is 2.48. The van der Waals surface area contributed by atoms with E-state index in [4.69, 9.17) is 9.47 Å². The topological polar surface area (TPSA) is 51.1 Å². The number of hydrogen-bond acceptors (Lipinski definition) is 5. The molecule has 1 saturated heterocycles. The highest BCUT2D eigenvalue weighted by molar-refractivity contribution is 5.47. The number of rotatable bonds is 5. The van der Waals surface area contributed by atoms with Crippen molar-refractivity contribution in [2.24, 2.45) is 4.99 Å². The molecule has 20 heavy (non-hydrogen) atoms. The summed E-state index contributed by atoms with van der Waals surface area (Å²) in [6, 6.07) is 5.62. The van der Waals surface area contributed by atoms with Crippen molar-refractivity contribution >= 4 is 6.08 Å². The molecule has 0 saturated carbocycles. The number of piperidine rings is 1. The van der Waals surface area contributed by atoms with Crippen molar-refractivity contribution in [2.75, 3.05) is 27.2 Å². The molecular formula is C15H20N2O3. The Labute approximate surface area is 119 Å². The number of carbonyl (C=O) groups excluding carboxylic acids is 1. The monoisotopic (exact) mass is 276 g/mol. The van der Waals surface area contributed by atoms with Crippen LogP contribution < -0.4 is 9.47 Å². The molecule has 0 spiro atoms. The number of para-hydroxylation sites is 1. The summed E-state index contributed by atoms with van der Waals surface area (Å²) in [7, 11) is 3.71. The Bertz CT molecular complexity index is 498. The molecule has 1 unspecified atom stereocenters. The molecular weight excluding hydrogens is 256 g/mol. The lowest BCUT2D eigenvalue weighted by atomic mass is 10.1. The van der Waals surface area contributed by atoms with E-state index >= 15 is 0 Å². The van der Waals surface area contributed by atoms with Gasteiger partial charge in [-0.05, 0) is 32.5 Å². The lowest BCUT2D eigenvalue weighted by Gasteiger charge is -2.30. The minimum absolute atomic E-state index is 0.143. The fraction of sp³-hybridized carbons (Fsp3) is 0.533. The number of hydrogen-bond donors (Lipinski definition) is 0. The van der Waals surface area contributed by atoms with Gasteiger partial charge in [0.25, 0.3) is 0 Å². The summed E-state index contributed by atoms with van der Waals surface area (Å²) in [5.41, 5.74) is 0.848. The van der Waals surface area contributed by atoms with E-state index < -0.39 is 0 Å². The second-order valence-electron chi connectivity index (χ2n) is 5.00. The molecule has 0 radical (unpaired) electrons. The van der Waals surface area contributed by atoms with Crippen LogP contribution in [0.4, 0.5) is 0 Å². The third-order valence-electron chi connectivity index (χ3n) is 3.46. The van der Waals surface area contributed by atoms with Crippen molar-refractivity contribution in [2.45, 2.75) is 25.5 Å². The summed E-state index contributed by atoms with van der Waals surface area (Å²) < 4.78 is 11.5. The maximum atomic E-state index is 10.3. The van der Waals surface area contributed by atoms with Gasteiger partial charge < -0.3 is 14.4 Å². The maximum absolute atomic E-state index is 10.3. The molecule has 108 valence electrons. The van der Waals surface area contributed by atoms with Gasteiger partial charge in [-0.2, -0.15) is 0 Å². The van der Waals surface area contributed by atoms with Gasteiger partial charge in [-0.15, -0.1) is 0 Å². The van der Waals surface area contributed by atoms with Crippen LogP contribution in [0, 0.1) is 0 Å². The number of ether oxygens (including phenoxy) is 2. The highest BCUT2D eigenvalue weighted by Gasteiger charge is 2.21. The largest absolute Gasteiger partial charge is 0.493 e. The first-order valence-corrected chi connectivity index (χ1v) is 6.79. The minimum Gasteiger partial charge on any atom is -0.493 e. The molecule has 2 rings (SSSR count). The van der Waals surface area contributed by atoms with Crippen LogP contribution in [0.15, 0.2) is 23.2 Å². The summed E-state index contributed by atoms with van der Waals surface area (Å²) >= 11 is 0. The van der Waals surface area contributed by atoms with Crippen LogP contribution in [-0.4, -0.2) is 44.3 Å².